The lowest BCUT2D eigenvalue weighted by Gasteiger charge is -2.11. The van der Waals surface area contributed by atoms with Crippen LogP contribution < -0.4 is 25.0 Å². The average Bonchev–Trinajstić information content (AvgIpc) is 2.65. The van der Waals surface area contributed by atoms with Gasteiger partial charge in [-0.15, -0.1) is 0 Å². The minimum atomic E-state index is 0.375. The largest absolute Gasteiger partial charge is 0.497 e. The van der Waals surface area contributed by atoms with Crippen molar-refractivity contribution in [3.05, 3.63) is 48.0 Å². The Balaban J connectivity index is 2.06. The van der Waals surface area contributed by atoms with Crippen LogP contribution >= 0.6 is 12.2 Å². The molecule has 0 fully saturated rings. The van der Waals surface area contributed by atoms with E-state index < -0.39 is 0 Å². The van der Waals surface area contributed by atoms with E-state index in [0.717, 1.165) is 28.5 Å². The van der Waals surface area contributed by atoms with E-state index in [1.807, 2.05) is 43.3 Å². The first-order chi connectivity index (χ1) is 12.1. The lowest BCUT2D eigenvalue weighted by atomic mass is 10.1. The van der Waals surface area contributed by atoms with Crippen LogP contribution in [0.4, 0.5) is 5.69 Å². The van der Waals surface area contributed by atoms with E-state index in [4.69, 9.17) is 26.4 Å². The summed E-state index contributed by atoms with van der Waals surface area (Å²) in [6.45, 7) is 1.87. The van der Waals surface area contributed by atoms with Crippen LogP contribution in [0.3, 0.4) is 0 Å². The monoisotopic (exact) mass is 359 g/mol. The summed E-state index contributed by atoms with van der Waals surface area (Å²) < 4.78 is 15.8. The van der Waals surface area contributed by atoms with Crippen LogP contribution in [-0.2, 0) is 0 Å². The van der Waals surface area contributed by atoms with E-state index >= 15 is 0 Å². The van der Waals surface area contributed by atoms with E-state index in [2.05, 4.69) is 15.8 Å². The first kappa shape index (κ1) is 18.5. The van der Waals surface area contributed by atoms with Crippen molar-refractivity contribution in [3.8, 4) is 17.2 Å². The molecule has 0 bridgehead atoms. The molecule has 2 aromatic carbocycles. The fourth-order valence-corrected chi connectivity index (χ4v) is 2.32. The fraction of sp³-hybridized carbons (Fsp3) is 0.222. The van der Waals surface area contributed by atoms with Crippen LogP contribution in [0, 0.1) is 0 Å². The van der Waals surface area contributed by atoms with Crippen molar-refractivity contribution in [3.63, 3.8) is 0 Å². The van der Waals surface area contributed by atoms with E-state index in [0.29, 0.717) is 10.9 Å². The Labute approximate surface area is 152 Å². The smallest absolute Gasteiger partial charge is 0.191 e. The summed E-state index contributed by atoms with van der Waals surface area (Å²) in [5.74, 6) is 2.14. The highest BCUT2D eigenvalue weighted by atomic mass is 32.1. The number of thiocarbonyl (C=S) groups is 1. The molecular weight excluding hydrogens is 338 g/mol. The number of ether oxygens (including phenoxy) is 3. The summed E-state index contributed by atoms with van der Waals surface area (Å²) in [5, 5.41) is 7.74. The average molecular weight is 359 g/mol. The predicted octanol–water partition coefficient (Wildman–Crippen LogP) is 3.42. The van der Waals surface area contributed by atoms with E-state index in [1.54, 1.807) is 27.4 Å². The number of rotatable bonds is 6. The van der Waals surface area contributed by atoms with Gasteiger partial charge >= 0.3 is 0 Å². The molecule has 0 atom stereocenters. The summed E-state index contributed by atoms with van der Waals surface area (Å²) in [6, 6.07) is 13.0. The highest BCUT2D eigenvalue weighted by Crippen LogP contribution is 2.25. The van der Waals surface area contributed by atoms with Crippen molar-refractivity contribution in [2.24, 2.45) is 5.10 Å². The van der Waals surface area contributed by atoms with Crippen molar-refractivity contribution in [2.45, 2.75) is 6.92 Å². The zero-order chi connectivity index (χ0) is 18.2. The summed E-state index contributed by atoms with van der Waals surface area (Å²) in [5.41, 5.74) is 5.22. The number of hydrogen-bond donors (Lipinski definition) is 2. The molecule has 2 rings (SSSR count). The van der Waals surface area contributed by atoms with Gasteiger partial charge in [-0.25, -0.2) is 0 Å². The van der Waals surface area contributed by atoms with Crippen molar-refractivity contribution < 1.29 is 14.2 Å². The molecule has 0 unspecified atom stereocenters. The Morgan fingerprint density at radius 1 is 0.960 bits per heavy atom. The maximum atomic E-state index is 5.39. The zero-order valence-electron chi connectivity index (χ0n) is 14.6. The van der Waals surface area contributed by atoms with Gasteiger partial charge in [-0.05, 0) is 43.4 Å². The van der Waals surface area contributed by atoms with Gasteiger partial charge in [0.25, 0.3) is 0 Å². The molecule has 0 aliphatic heterocycles. The molecule has 0 saturated heterocycles. The lowest BCUT2D eigenvalue weighted by molar-refractivity contribution is 0.394. The second-order valence-electron chi connectivity index (χ2n) is 5.06. The quantitative estimate of drug-likeness (QED) is 0.468. The Bertz CT molecular complexity index is 778. The third kappa shape index (κ3) is 5.09. The number of anilines is 1. The normalized spacial score (nSPS) is 10.8. The van der Waals surface area contributed by atoms with Gasteiger partial charge in [0.15, 0.2) is 5.11 Å². The molecule has 0 heterocycles. The van der Waals surface area contributed by atoms with Crippen LogP contribution in [0.1, 0.15) is 12.5 Å². The topological polar surface area (TPSA) is 64.1 Å². The molecule has 6 nitrogen and oxygen atoms in total. The standard InChI is InChI=1S/C18H21N3O3S/c1-12(16-9-8-15(23-3)11-17(16)24-4)20-21-18(25)19-13-6-5-7-14(10-13)22-2/h5-11H,1-4H3,(H2,19,21,25)/b20-12-. The molecule has 0 amide bonds. The molecule has 7 heteroatoms. The summed E-state index contributed by atoms with van der Waals surface area (Å²) >= 11 is 5.26. The molecule has 0 aliphatic carbocycles. The third-order valence-electron chi connectivity index (χ3n) is 3.45. The molecule has 0 aliphatic rings. The van der Waals surface area contributed by atoms with Crippen LogP contribution in [0.2, 0.25) is 0 Å². The van der Waals surface area contributed by atoms with Gasteiger partial charge < -0.3 is 19.5 Å². The van der Waals surface area contributed by atoms with Crippen molar-refractivity contribution in [1.82, 2.24) is 5.43 Å². The van der Waals surface area contributed by atoms with Crippen LogP contribution in [0.15, 0.2) is 47.6 Å². The number of methoxy groups -OCH3 is 3. The summed E-state index contributed by atoms with van der Waals surface area (Å²) in [6.07, 6.45) is 0. The van der Waals surface area contributed by atoms with Gasteiger partial charge in [-0.3, -0.25) is 5.43 Å². The lowest BCUT2D eigenvalue weighted by Crippen LogP contribution is -2.25. The molecule has 0 radical (unpaired) electrons. The van der Waals surface area contributed by atoms with Gasteiger partial charge in [0.2, 0.25) is 0 Å². The van der Waals surface area contributed by atoms with Crippen molar-refractivity contribution in [1.29, 1.82) is 0 Å². The molecule has 0 saturated carbocycles. The summed E-state index contributed by atoms with van der Waals surface area (Å²) in [4.78, 5) is 0. The molecule has 2 N–H and O–H groups in total. The molecule has 0 aromatic heterocycles. The number of benzene rings is 2. The maximum Gasteiger partial charge on any atom is 0.191 e. The van der Waals surface area contributed by atoms with E-state index in [9.17, 15) is 0 Å². The molecule has 0 spiro atoms. The first-order valence-electron chi connectivity index (χ1n) is 7.55. The zero-order valence-corrected chi connectivity index (χ0v) is 15.4. The minimum Gasteiger partial charge on any atom is -0.497 e. The van der Waals surface area contributed by atoms with E-state index in [-0.39, 0.29) is 0 Å². The molecule has 2 aromatic rings. The Kier molecular flexibility index (Phi) is 6.59. The van der Waals surface area contributed by atoms with E-state index in [1.165, 1.54) is 0 Å². The van der Waals surface area contributed by atoms with Gasteiger partial charge in [-0.1, -0.05) is 6.07 Å². The second-order valence-corrected chi connectivity index (χ2v) is 5.47. The molecular formula is C18H21N3O3S. The second kappa shape index (κ2) is 8.89. The minimum absolute atomic E-state index is 0.375. The SMILES string of the molecule is COc1cccc(NC(=S)N/N=C(/C)c2ccc(OC)cc2OC)c1. The van der Waals surface area contributed by atoms with Crippen molar-refractivity contribution >= 4 is 28.7 Å². The highest BCUT2D eigenvalue weighted by Gasteiger charge is 2.08. The Hall–Kier alpha value is -2.80. The van der Waals surface area contributed by atoms with Gasteiger partial charge in [-0.2, -0.15) is 5.10 Å². The Morgan fingerprint density at radius 2 is 1.68 bits per heavy atom. The van der Waals surface area contributed by atoms with Gasteiger partial charge in [0.1, 0.15) is 17.2 Å². The third-order valence-corrected chi connectivity index (χ3v) is 3.64. The van der Waals surface area contributed by atoms with Crippen LogP contribution in [-0.4, -0.2) is 32.2 Å². The van der Waals surface area contributed by atoms with Crippen LogP contribution in [0.25, 0.3) is 0 Å². The van der Waals surface area contributed by atoms with Crippen LogP contribution in [0.5, 0.6) is 17.2 Å². The van der Waals surface area contributed by atoms with Gasteiger partial charge in [0.05, 0.1) is 27.0 Å². The summed E-state index contributed by atoms with van der Waals surface area (Å²) in [7, 11) is 4.83. The fourth-order valence-electron chi connectivity index (χ4n) is 2.15. The predicted molar refractivity (Wildman–Crippen MR) is 104 cm³/mol. The first-order valence-corrected chi connectivity index (χ1v) is 7.96. The highest BCUT2D eigenvalue weighted by molar-refractivity contribution is 7.80. The molecule has 132 valence electrons. The maximum absolute atomic E-state index is 5.39. The molecule has 25 heavy (non-hydrogen) atoms. The Morgan fingerprint density at radius 3 is 2.36 bits per heavy atom. The van der Waals surface area contributed by atoms with Crippen molar-refractivity contribution in [2.75, 3.05) is 26.6 Å². The number of hydrogen-bond acceptors (Lipinski definition) is 5. The number of nitrogens with zero attached hydrogens (tertiary/aromatic N) is 1. The van der Waals surface area contributed by atoms with Gasteiger partial charge in [0, 0.05) is 23.4 Å². The number of nitrogens with one attached hydrogen (secondary N) is 2. The number of hydrazone groups is 1.